The van der Waals surface area contributed by atoms with Crippen molar-refractivity contribution >= 4 is 11.8 Å². The summed E-state index contributed by atoms with van der Waals surface area (Å²) < 4.78 is 0. The average molecular weight is 248 g/mol. The summed E-state index contributed by atoms with van der Waals surface area (Å²) in [6.45, 7) is 0.684. The highest BCUT2D eigenvalue weighted by Gasteiger charge is 2.52. The Morgan fingerprint density at radius 3 is 1.83 bits per heavy atom. The van der Waals surface area contributed by atoms with Gasteiger partial charge in [0.05, 0.1) is 13.1 Å². The highest BCUT2D eigenvalue weighted by Crippen LogP contribution is 2.55. The van der Waals surface area contributed by atoms with E-state index in [1.807, 2.05) is 0 Å². The number of hydrogen-bond acceptors (Lipinski definition) is 3. The fourth-order valence-corrected chi connectivity index (χ4v) is 5.24. The molecule has 0 atom stereocenters. The number of carbonyl (C=O) groups excluding carboxylic acids is 2. The van der Waals surface area contributed by atoms with Crippen LogP contribution < -0.4 is 5.32 Å². The second kappa shape index (κ2) is 3.80. The summed E-state index contributed by atoms with van der Waals surface area (Å²) in [6, 6.07) is 0.236. The van der Waals surface area contributed by atoms with Crippen LogP contribution in [-0.4, -0.2) is 35.8 Å². The quantitative estimate of drug-likeness (QED) is 0.697. The molecule has 98 valence electrons. The zero-order chi connectivity index (χ0) is 12.3. The Hall–Kier alpha value is -0.900. The third-order valence-electron chi connectivity index (χ3n) is 5.56. The molecular weight excluding hydrogens is 228 g/mol. The summed E-state index contributed by atoms with van der Waals surface area (Å²) in [5.74, 6) is 2.99. The molecule has 0 aromatic carbocycles. The third-order valence-corrected chi connectivity index (χ3v) is 5.56. The highest BCUT2D eigenvalue weighted by atomic mass is 16.2. The van der Waals surface area contributed by atoms with E-state index in [-0.39, 0.29) is 17.9 Å². The number of carbonyl (C=O) groups is 2. The van der Waals surface area contributed by atoms with Gasteiger partial charge in [0, 0.05) is 6.04 Å². The number of hydrogen-bond donors (Lipinski definition) is 1. The Morgan fingerprint density at radius 2 is 1.33 bits per heavy atom. The number of amides is 2. The van der Waals surface area contributed by atoms with E-state index in [1.165, 1.54) is 32.1 Å². The maximum atomic E-state index is 12.1. The molecule has 0 spiro atoms. The molecule has 1 aliphatic heterocycles. The largest absolute Gasteiger partial charge is 0.300 e. The molecule has 4 heteroatoms. The van der Waals surface area contributed by atoms with Crippen molar-refractivity contribution in [3.8, 4) is 0 Å². The second-order valence-electron chi connectivity index (χ2n) is 6.68. The van der Waals surface area contributed by atoms with Crippen molar-refractivity contribution in [1.29, 1.82) is 0 Å². The van der Waals surface area contributed by atoms with Gasteiger partial charge < -0.3 is 0 Å². The topological polar surface area (TPSA) is 49.4 Å². The van der Waals surface area contributed by atoms with Crippen LogP contribution in [-0.2, 0) is 9.59 Å². The average Bonchev–Trinajstić information content (AvgIpc) is 2.31. The van der Waals surface area contributed by atoms with Crippen LogP contribution in [0.25, 0.3) is 0 Å². The first-order valence-corrected chi connectivity index (χ1v) is 7.28. The standard InChI is InChI=1S/C14H20N2O2/c17-12-6-15-7-13(18)16(12)14-10-2-8-1-9(4-10)5-11(14)3-8/h8-11,14-15H,1-7H2. The molecule has 4 bridgehead atoms. The first kappa shape index (κ1) is 11.0. The number of piperazine rings is 1. The maximum Gasteiger partial charge on any atom is 0.243 e. The lowest BCUT2D eigenvalue weighted by Gasteiger charge is -2.57. The number of rotatable bonds is 1. The lowest BCUT2D eigenvalue weighted by molar-refractivity contribution is -0.159. The van der Waals surface area contributed by atoms with Crippen molar-refractivity contribution in [1.82, 2.24) is 10.2 Å². The molecular formula is C14H20N2O2. The predicted octanol–water partition coefficient (Wildman–Crippen LogP) is 0.769. The summed E-state index contributed by atoms with van der Waals surface area (Å²) in [5.41, 5.74) is 0. The summed E-state index contributed by atoms with van der Waals surface area (Å²) in [7, 11) is 0. The molecule has 1 heterocycles. The molecule has 4 nitrogen and oxygen atoms in total. The zero-order valence-electron chi connectivity index (χ0n) is 10.6. The summed E-state index contributed by atoms with van der Waals surface area (Å²) in [5, 5.41) is 2.90. The second-order valence-corrected chi connectivity index (χ2v) is 6.68. The molecule has 0 aromatic rings. The molecule has 4 aliphatic carbocycles. The van der Waals surface area contributed by atoms with Gasteiger partial charge in [-0.25, -0.2) is 0 Å². The van der Waals surface area contributed by atoms with Gasteiger partial charge in [-0.2, -0.15) is 0 Å². The van der Waals surface area contributed by atoms with Crippen molar-refractivity contribution in [2.24, 2.45) is 23.7 Å². The first-order valence-electron chi connectivity index (χ1n) is 7.28. The van der Waals surface area contributed by atoms with Gasteiger partial charge in [0.1, 0.15) is 0 Å². The van der Waals surface area contributed by atoms with E-state index < -0.39 is 0 Å². The van der Waals surface area contributed by atoms with Crippen LogP contribution in [0.15, 0.2) is 0 Å². The molecule has 5 aliphatic rings. The van der Waals surface area contributed by atoms with Crippen LogP contribution in [0.3, 0.4) is 0 Å². The molecule has 1 saturated heterocycles. The van der Waals surface area contributed by atoms with E-state index in [9.17, 15) is 9.59 Å². The minimum atomic E-state index is 0.00345. The van der Waals surface area contributed by atoms with E-state index in [0.29, 0.717) is 24.9 Å². The molecule has 0 radical (unpaired) electrons. The SMILES string of the molecule is O=C1CNCC(=O)N1C1C2CC3CC(C2)CC1C3. The Morgan fingerprint density at radius 1 is 0.833 bits per heavy atom. The third kappa shape index (κ3) is 1.48. The van der Waals surface area contributed by atoms with E-state index in [2.05, 4.69) is 5.32 Å². The van der Waals surface area contributed by atoms with Crippen LogP contribution in [0.1, 0.15) is 32.1 Å². The van der Waals surface area contributed by atoms with Crippen molar-refractivity contribution < 1.29 is 9.59 Å². The molecule has 0 unspecified atom stereocenters. The molecule has 4 saturated carbocycles. The Balaban J connectivity index is 1.64. The summed E-state index contributed by atoms with van der Waals surface area (Å²) in [6.07, 6.45) is 6.41. The van der Waals surface area contributed by atoms with E-state index in [1.54, 1.807) is 4.90 Å². The van der Waals surface area contributed by atoms with Crippen LogP contribution in [0, 0.1) is 23.7 Å². The zero-order valence-corrected chi connectivity index (χ0v) is 10.6. The van der Waals surface area contributed by atoms with E-state index in [0.717, 1.165) is 11.8 Å². The number of nitrogens with zero attached hydrogens (tertiary/aromatic N) is 1. The Kier molecular flexibility index (Phi) is 2.31. The molecule has 5 rings (SSSR count). The van der Waals surface area contributed by atoms with Crippen LogP contribution in [0.5, 0.6) is 0 Å². The smallest absolute Gasteiger partial charge is 0.243 e. The van der Waals surface area contributed by atoms with Crippen molar-refractivity contribution in [2.45, 2.75) is 38.1 Å². The van der Waals surface area contributed by atoms with Gasteiger partial charge in [0.2, 0.25) is 11.8 Å². The van der Waals surface area contributed by atoms with Crippen LogP contribution >= 0.6 is 0 Å². The summed E-state index contributed by atoms with van der Waals surface area (Å²) >= 11 is 0. The number of imide groups is 1. The minimum absolute atomic E-state index is 0.00345. The maximum absolute atomic E-state index is 12.1. The van der Waals surface area contributed by atoms with Crippen molar-refractivity contribution in [3.63, 3.8) is 0 Å². The molecule has 5 fully saturated rings. The van der Waals surface area contributed by atoms with Gasteiger partial charge in [0.15, 0.2) is 0 Å². The predicted molar refractivity (Wildman–Crippen MR) is 65.6 cm³/mol. The number of nitrogens with one attached hydrogen (secondary N) is 1. The van der Waals surface area contributed by atoms with Crippen LogP contribution in [0.2, 0.25) is 0 Å². The van der Waals surface area contributed by atoms with E-state index >= 15 is 0 Å². The van der Waals surface area contributed by atoms with Gasteiger partial charge in [-0.1, -0.05) is 0 Å². The van der Waals surface area contributed by atoms with Crippen LogP contribution in [0.4, 0.5) is 0 Å². The van der Waals surface area contributed by atoms with Gasteiger partial charge in [0.25, 0.3) is 0 Å². The monoisotopic (exact) mass is 248 g/mol. The molecule has 0 aromatic heterocycles. The van der Waals surface area contributed by atoms with E-state index in [4.69, 9.17) is 0 Å². The lowest BCUT2D eigenvalue weighted by atomic mass is 9.54. The highest BCUT2D eigenvalue weighted by molar-refractivity contribution is 5.99. The van der Waals surface area contributed by atoms with Crippen molar-refractivity contribution in [3.05, 3.63) is 0 Å². The molecule has 2 amide bonds. The molecule has 1 N–H and O–H groups in total. The van der Waals surface area contributed by atoms with Gasteiger partial charge in [-0.15, -0.1) is 0 Å². The Bertz CT molecular complexity index is 363. The summed E-state index contributed by atoms with van der Waals surface area (Å²) in [4.78, 5) is 25.8. The fraction of sp³-hybridized carbons (Fsp3) is 0.857. The minimum Gasteiger partial charge on any atom is -0.300 e. The fourth-order valence-electron chi connectivity index (χ4n) is 5.24. The lowest BCUT2D eigenvalue weighted by Crippen LogP contribution is -2.63. The first-order chi connectivity index (χ1) is 8.72. The molecule has 18 heavy (non-hydrogen) atoms. The Labute approximate surface area is 107 Å². The normalized spacial score (nSPS) is 46.9. The van der Waals surface area contributed by atoms with Gasteiger partial charge in [-0.3, -0.25) is 19.8 Å². The van der Waals surface area contributed by atoms with Crippen molar-refractivity contribution in [2.75, 3.05) is 13.1 Å². The van der Waals surface area contributed by atoms with Gasteiger partial charge in [-0.05, 0) is 55.8 Å². The van der Waals surface area contributed by atoms with Gasteiger partial charge >= 0.3 is 0 Å².